The number of rotatable bonds is 4. The van der Waals surface area contributed by atoms with Gasteiger partial charge in [0.05, 0.1) is 3.79 Å². The van der Waals surface area contributed by atoms with Crippen molar-refractivity contribution in [1.29, 1.82) is 0 Å². The molecule has 0 fully saturated rings. The number of anilines is 1. The van der Waals surface area contributed by atoms with Gasteiger partial charge in [0.15, 0.2) is 0 Å². The largest absolute Gasteiger partial charge is 0.370 e. The average molecular weight is 375 g/mol. The fourth-order valence-electron chi connectivity index (χ4n) is 1.64. The molecule has 0 spiro atoms. The highest BCUT2D eigenvalue weighted by molar-refractivity contribution is 9.11. The van der Waals surface area contributed by atoms with E-state index in [0.717, 1.165) is 28.4 Å². The molecule has 0 radical (unpaired) electrons. The Balaban J connectivity index is 2.00. The molecule has 20 heavy (non-hydrogen) atoms. The molecule has 2 aromatic heterocycles. The molecule has 0 aromatic carbocycles. The first-order valence-corrected chi connectivity index (χ1v) is 8.36. The maximum atomic E-state index is 6.06. The van der Waals surface area contributed by atoms with Gasteiger partial charge in [-0.2, -0.15) is 0 Å². The Kier molecular flexibility index (Phi) is 5.04. The quantitative estimate of drug-likeness (QED) is 0.773. The molecule has 0 atom stereocenters. The molecule has 0 bridgehead atoms. The fourth-order valence-corrected chi connectivity index (χ4v) is 3.31. The summed E-state index contributed by atoms with van der Waals surface area (Å²) in [7, 11) is 0. The predicted molar refractivity (Wildman–Crippen MR) is 90.0 cm³/mol. The van der Waals surface area contributed by atoms with Crippen LogP contribution in [0.3, 0.4) is 0 Å². The van der Waals surface area contributed by atoms with Gasteiger partial charge in [-0.15, -0.1) is 11.3 Å². The summed E-state index contributed by atoms with van der Waals surface area (Å²) in [6.45, 7) is 7.05. The van der Waals surface area contributed by atoms with Gasteiger partial charge in [0.2, 0.25) is 0 Å². The maximum absolute atomic E-state index is 6.06. The van der Waals surface area contributed by atoms with Crippen molar-refractivity contribution in [3.63, 3.8) is 0 Å². The number of hydrogen-bond acceptors (Lipinski definition) is 4. The van der Waals surface area contributed by atoms with Crippen molar-refractivity contribution in [3.8, 4) is 0 Å². The first kappa shape index (κ1) is 15.7. The van der Waals surface area contributed by atoms with Crippen molar-refractivity contribution in [2.75, 3.05) is 11.9 Å². The zero-order valence-electron chi connectivity index (χ0n) is 11.7. The molecule has 3 nitrogen and oxygen atoms in total. The lowest BCUT2D eigenvalue weighted by Crippen LogP contribution is -2.17. The zero-order valence-corrected chi connectivity index (χ0v) is 14.9. The fraction of sp³-hybridized carbons (Fsp3) is 0.429. The third-order valence-electron chi connectivity index (χ3n) is 2.67. The summed E-state index contributed by atoms with van der Waals surface area (Å²) >= 11 is 11.3. The van der Waals surface area contributed by atoms with E-state index in [1.807, 2.05) is 0 Å². The van der Waals surface area contributed by atoms with E-state index in [0.29, 0.717) is 5.15 Å². The highest BCUT2D eigenvalue weighted by Gasteiger charge is 2.18. The van der Waals surface area contributed by atoms with Crippen molar-refractivity contribution in [1.82, 2.24) is 9.97 Å². The van der Waals surface area contributed by atoms with Crippen LogP contribution in [0.15, 0.2) is 22.0 Å². The van der Waals surface area contributed by atoms with E-state index in [2.05, 4.69) is 64.1 Å². The number of nitrogens with one attached hydrogen (secondary N) is 1. The van der Waals surface area contributed by atoms with Crippen LogP contribution in [0.4, 0.5) is 5.82 Å². The normalized spacial score (nSPS) is 11.7. The molecule has 2 heterocycles. The average Bonchev–Trinajstić information content (AvgIpc) is 2.73. The van der Waals surface area contributed by atoms with E-state index in [4.69, 9.17) is 11.6 Å². The molecule has 1 N–H and O–H groups in total. The van der Waals surface area contributed by atoms with Crippen molar-refractivity contribution in [2.24, 2.45) is 0 Å². The third-order valence-corrected chi connectivity index (χ3v) is 4.55. The zero-order chi connectivity index (χ0) is 14.8. The second-order valence-corrected chi connectivity index (χ2v) is 8.47. The molecule has 0 aliphatic carbocycles. The molecular formula is C14H17BrClN3S. The number of halogens is 2. The Morgan fingerprint density at radius 3 is 2.65 bits per heavy atom. The number of aromatic nitrogens is 2. The van der Waals surface area contributed by atoms with Gasteiger partial charge in [-0.3, -0.25) is 0 Å². The van der Waals surface area contributed by atoms with E-state index in [1.165, 1.54) is 4.88 Å². The highest BCUT2D eigenvalue weighted by Crippen LogP contribution is 2.24. The summed E-state index contributed by atoms with van der Waals surface area (Å²) in [6.07, 6.45) is 0.961. The van der Waals surface area contributed by atoms with Gasteiger partial charge in [-0.25, -0.2) is 9.97 Å². The van der Waals surface area contributed by atoms with Crippen molar-refractivity contribution >= 4 is 44.7 Å². The summed E-state index contributed by atoms with van der Waals surface area (Å²) in [5.41, 5.74) is -0.111. The number of thiophene rings is 1. The molecule has 0 saturated heterocycles. The first-order chi connectivity index (χ1) is 9.34. The first-order valence-electron chi connectivity index (χ1n) is 6.38. The van der Waals surface area contributed by atoms with Crippen LogP contribution in [0.25, 0.3) is 0 Å². The van der Waals surface area contributed by atoms with Crippen molar-refractivity contribution in [3.05, 3.63) is 37.8 Å². The Morgan fingerprint density at radius 1 is 1.30 bits per heavy atom. The minimum atomic E-state index is -0.111. The number of nitrogens with zero attached hydrogens (tertiary/aromatic N) is 2. The van der Waals surface area contributed by atoms with Crippen LogP contribution in [-0.4, -0.2) is 16.5 Å². The second-order valence-electron chi connectivity index (χ2n) is 5.53. The molecule has 0 amide bonds. The maximum Gasteiger partial charge on any atom is 0.137 e. The Hall–Kier alpha value is -0.650. The van der Waals surface area contributed by atoms with E-state index >= 15 is 0 Å². The Morgan fingerprint density at radius 2 is 2.05 bits per heavy atom. The Bertz CT molecular complexity index is 592. The molecule has 0 aliphatic heterocycles. The van der Waals surface area contributed by atoms with Gasteiger partial charge < -0.3 is 5.32 Å². The molecule has 0 saturated carbocycles. The lowest BCUT2D eigenvalue weighted by Gasteiger charge is -2.17. The standard InChI is InChI=1S/C14H17BrClN3S/c1-14(2,3)13-18-11(16)8-12(19-13)17-7-6-9-4-5-10(15)20-9/h4-5,8H,6-7H2,1-3H3,(H,17,18,19). The van der Waals surface area contributed by atoms with Crippen molar-refractivity contribution < 1.29 is 0 Å². The number of hydrogen-bond donors (Lipinski definition) is 1. The van der Waals surface area contributed by atoms with E-state index in [9.17, 15) is 0 Å². The van der Waals surface area contributed by atoms with Gasteiger partial charge in [-0.05, 0) is 34.5 Å². The van der Waals surface area contributed by atoms with Crippen LogP contribution in [0.1, 0.15) is 31.5 Å². The van der Waals surface area contributed by atoms with Gasteiger partial charge in [0.1, 0.15) is 16.8 Å². The summed E-state index contributed by atoms with van der Waals surface area (Å²) in [6, 6.07) is 5.96. The Labute approximate surface area is 136 Å². The summed E-state index contributed by atoms with van der Waals surface area (Å²) in [4.78, 5) is 10.1. The minimum absolute atomic E-state index is 0.111. The third kappa shape index (κ3) is 4.43. The molecule has 6 heteroatoms. The predicted octanol–water partition coefficient (Wildman–Crippen LogP) is 4.91. The summed E-state index contributed by atoms with van der Waals surface area (Å²) in [5, 5.41) is 3.79. The SMILES string of the molecule is CC(C)(C)c1nc(Cl)cc(NCCc2ccc(Br)s2)n1. The molecule has 0 unspecified atom stereocenters. The molecule has 2 aromatic rings. The molecular weight excluding hydrogens is 358 g/mol. The summed E-state index contributed by atoms with van der Waals surface area (Å²) < 4.78 is 1.16. The van der Waals surface area contributed by atoms with E-state index in [-0.39, 0.29) is 5.41 Å². The van der Waals surface area contributed by atoms with E-state index < -0.39 is 0 Å². The van der Waals surface area contributed by atoms with Crippen LogP contribution in [0.5, 0.6) is 0 Å². The highest BCUT2D eigenvalue weighted by atomic mass is 79.9. The smallest absolute Gasteiger partial charge is 0.137 e. The van der Waals surface area contributed by atoms with Gasteiger partial charge in [-0.1, -0.05) is 32.4 Å². The summed E-state index contributed by atoms with van der Waals surface area (Å²) in [5.74, 6) is 1.54. The second kappa shape index (κ2) is 6.41. The topological polar surface area (TPSA) is 37.8 Å². The van der Waals surface area contributed by atoms with Gasteiger partial charge >= 0.3 is 0 Å². The van der Waals surface area contributed by atoms with E-state index in [1.54, 1.807) is 17.4 Å². The van der Waals surface area contributed by atoms with Crippen molar-refractivity contribution in [2.45, 2.75) is 32.6 Å². The molecule has 108 valence electrons. The van der Waals surface area contributed by atoms with Crippen LogP contribution >= 0.6 is 38.9 Å². The monoisotopic (exact) mass is 373 g/mol. The lowest BCUT2D eigenvalue weighted by molar-refractivity contribution is 0.546. The lowest BCUT2D eigenvalue weighted by atomic mass is 9.96. The minimum Gasteiger partial charge on any atom is -0.370 e. The van der Waals surface area contributed by atoms with Crippen LogP contribution in [-0.2, 0) is 11.8 Å². The van der Waals surface area contributed by atoms with Gasteiger partial charge in [0, 0.05) is 22.9 Å². The van der Waals surface area contributed by atoms with Crippen LogP contribution < -0.4 is 5.32 Å². The van der Waals surface area contributed by atoms with Crippen LogP contribution in [0.2, 0.25) is 5.15 Å². The van der Waals surface area contributed by atoms with Crippen LogP contribution in [0, 0.1) is 0 Å². The van der Waals surface area contributed by atoms with Gasteiger partial charge in [0.25, 0.3) is 0 Å². The molecule has 2 rings (SSSR count). The molecule has 0 aliphatic rings.